The smallest absolute Gasteiger partial charge is 0.0794 e. The molecule has 0 radical (unpaired) electrons. The van der Waals surface area contributed by atoms with Crippen LogP contribution in [0, 0.1) is 0 Å². The number of pyridine rings is 2. The molecule has 0 aliphatic carbocycles. The standard InChI is InChI=1S/C52H34N2/c1-3-11-35(12-4-1)37-20-24-41(25-21-37)48-34-50(42-30-22-38(23-31-42)36-13-5-2-6-14-36)54-52-46-18-8-7-17-45(46)47(33-49(48)52)40-28-26-39(27-29-40)44-19-9-15-43-16-10-32-53-51(43)44/h1-34H. The van der Waals surface area contributed by atoms with E-state index >= 15 is 0 Å². The van der Waals surface area contributed by atoms with Crippen molar-refractivity contribution in [3.63, 3.8) is 0 Å². The minimum absolute atomic E-state index is 0.954. The van der Waals surface area contributed by atoms with E-state index in [1.54, 1.807) is 0 Å². The third-order valence-corrected chi connectivity index (χ3v) is 10.6. The van der Waals surface area contributed by atoms with E-state index in [9.17, 15) is 0 Å². The molecule has 0 unspecified atom stereocenters. The van der Waals surface area contributed by atoms with Crippen LogP contribution in [0.4, 0.5) is 0 Å². The molecular formula is C52H34N2. The highest BCUT2D eigenvalue weighted by Crippen LogP contribution is 2.41. The van der Waals surface area contributed by atoms with E-state index in [4.69, 9.17) is 9.97 Å². The molecule has 0 N–H and O–H groups in total. The van der Waals surface area contributed by atoms with Gasteiger partial charge in [0.05, 0.1) is 16.7 Å². The largest absolute Gasteiger partial charge is 0.256 e. The zero-order valence-electron chi connectivity index (χ0n) is 29.5. The molecule has 0 aliphatic rings. The fraction of sp³-hybridized carbons (Fsp3) is 0. The second-order valence-corrected chi connectivity index (χ2v) is 13.8. The Labute approximate surface area is 314 Å². The number of hydrogen-bond acceptors (Lipinski definition) is 2. The van der Waals surface area contributed by atoms with Gasteiger partial charge in [0.1, 0.15) is 0 Å². The molecule has 2 heterocycles. The number of hydrogen-bond donors (Lipinski definition) is 0. The van der Waals surface area contributed by atoms with Gasteiger partial charge in [-0.1, -0.05) is 182 Å². The third kappa shape index (κ3) is 5.71. The number of nitrogens with zero attached hydrogens (tertiary/aromatic N) is 2. The molecule has 0 spiro atoms. The maximum Gasteiger partial charge on any atom is 0.0794 e. The summed E-state index contributed by atoms with van der Waals surface area (Å²) in [5.74, 6) is 0. The van der Waals surface area contributed by atoms with Gasteiger partial charge in [0, 0.05) is 33.5 Å². The molecule has 0 saturated carbocycles. The zero-order valence-corrected chi connectivity index (χ0v) is 29.5. The molecule has 2 heteroatoms. The lowest BCUT2D eigenvalue weighted by molar-refractivity contribution is 1.41. The van der Waals surface area contributed by atoms with Crippen molar-refractivity contribution in [3.8, 4) is 66.9 Å². The Balaban J connectivity index is 1.15. The van der Waals surface area contributed by atoms with Gasteiger partial charge in [-0.3, -0.25) is 4.98 Å². The zero-order chi connectivity index (χ0) is 35.8. The maximum atomic E-state index is 5.44. The van der Waals surface area contributed by atoms with Crippen molar-refractivity contribution in [2.24, 2.45) is 0 Å². The van der Waals surface area contributed by atoms with Crippen LogP contribution in [0.25, 0.3) is 99.5 Å². The van der Waals surface area contributed by atoms with Crippen molar-refractivity contribution in [3.05, 3.63) is 206 Å². The molecule has 0 aliphatic heterocycles. The van der Waals surface area contributed by atoms with E-state index in [1.807, 2.05) is 12.3 Å². The average Bonchev–Trinajstić information content (AvgIpc) is 3.26. The van der Waals surface area contributed by atoms with Crippen LogP contribution in [-0.4, -0.2) is 9.97 Å². The maximum absolute atomic E-state index is 5.44. The minimum Gasteiger partial charge on any atom is -0.256 e. The summed E-state index contributed by atoms with van der Waals surface area (Å²) in [6, 6.07) is 71.6. The molecule has 54 heavy (non-hydrogen) atoms. The highest BCUT2D eigenvalue weighted by molar-refractivity contribution is 6.16. The van der Waals surface area contributed by atoms with E-state index in [-0.39, 0.29) is 0 Å². The van der Waals surface area contributed by atoms with Crippen molar-refractivity contribution >= 4 is 32.6 Å². The summed E-state index contributed by atoms with van der Waals surface area (Å²) < 4.78 is 0. The van der Waals surface area contributed by atoms with Crippen molar-refractivity contribution in [2.75, 3.05) is 0 Å². The number of para-hydroxylation sites is 1. The van der Waals surface area contributed by atoms with Gasteiger partial charge < -0.3 is 0 Å². The van der Waals surface area contributed by atoms with Crippen LogP contribution < -0.4 is 0 Å². The molecule has 0 fully saturated rings. The predicted molar refractivity (Wildman–Crippen MR) is 227 cm³/mol. The van der Waals surface area contributed by atoms with Crippen molar-refractivity contribution in [1.29, 1.82) is 0 Å². The molecule has 0 saturated heterocycles. The van der Waals surface area contributed by atoms with Gasteiger partial charge in [-0.25, -0.2) is 4.98 Å². The summed E-state index contributed by atoms with van der Waals surface area (Å²) in [4.78, 5) is 10.2. The molecule has 2 aromatic heterocycles. The van der Waals surface area contributed by atoms with Gasteiger partial charge in [0.15, 0.2) is 0 Å². The van der Waals surface area contributed by atoms with Crippen LogP contribution in [0.15, 0.2) is 206 Å². The van der Waals surface area contributed by atoms with E-state index in [2.05, 4.69) is 194 Å². The number of aromatic nitrogens is 2. The lowest BCUT2D eigenvalue weighted by Gasteiger charge is -2.16. The van der Waals surface area contributed by atoms with Gasteiger partial charge in [0.25, 0.3) is 0 Å². The summed E-state index contributed by atoms with van der Waals surface area (Å²) in [5, 5.41) is 4.59. The first-order valence-electron chi connectivity index (χ1n) is 18.4. The first-order chi connectivity index (χ1) is 26.8. The molecule has 10 rings (SSSR count). The van der Waals surface area contributed by atoms with Gasteiger partial charge in [-0.05, 0) is 73.7 Å². The van der Waals surface area contributed by atoms with Gasteiger partial charge in [-0.15, -0.1) is 0 Å². The first-order valence-corrected chi connectivity index (χ1v) is 18.4. The Hall–Kier alpha value is -7.16. The van der Waals surface area contributed by atoms with Gasteiger partial charge in [0.2, 0.25) is 0 Å². The van der Waals surface area contributed by atoms with Crippen LogP contribution in [0.2, 0.25) is 0 Å². The van der Waals surface area contributed by atoms with E-state index in [0.717, 1.165) is 66.3 Å². The van der Waals surface area contributed by atoms with E-state index in [1.165, 1.54) is 33.2 Å². The highest BCUT2D eigenvalue weighted by Gasteiger charge is 2.17. The Kier molecular flexibility index (Phi) is 7.85. The molecule has 10 aromatic rings. The van der Waals surface area contributed by atoms with Crippen LogP contribution >= 0.6 is 0 Å². The minimum atomic E-state index is 0.954. The fourth-order valence-electron chi connectivity index (χ4n) is 7.78. The SMILES string of the molecule is c1ccc(-c2ccc(-c3cc(-c4ccc(-c5ccccc5)cc4)c4cc(-c5ccc(-c6cccc7cccnc67)cc5)c5ccccc5c4n3)cc2)cc1. The van der Waals surface area contributed by atoms with E-state index < -0.39 is 0 Å². The first kappa shape index (κ1) is 31.6. The molecule has 252 valence electrons. The third-order valence-electron chi connectivity index (χ3n) is 10.6. The Morgan fingerprint density at radius 1 is 0.278 bits per heavy atom. The second kappa shape index (κ2) is 13.4. The van der Waals surface area contributed by atoms with Crippen LogP contribution in [-0.2, 0) is 0 Å². The quantitative estimate of drug-likeness (QED) is 0.163. The molecule has 0 amide bonds. The fourth-order valence-corrected chi connectivity index (χ4v) is 7.78. The van der Waals surface area contributed by atoms with Crippen molar-refractivity contribution < 1.29 is 0 Å². The van der Waals surface area contributed by atoms with Crippen molar-refractivity contribution in [2.45, 2.75) is 0 Å². The molecular weight excluding hydrogens is 653 g/mol. The molecule has 2 nitrogen and oxygen atoms in total. The normalized spacial score (nSPS) is 11.3. The van der Waals surface area contributed by atoms with E-state index in [0.29, 0.717) is 0 Å². The number of benzene rings is 8. The summed E-state index contributed by atoms with van der Waals surface area (Å²) in [6.45, 7) is 0. The number of fused-ring (bicyclic) bond motifs is 4. The predicted octanol–water partition coefficient (Wildman–Crippen LogP) is 13.9. The summed E-state index contributed by atoms with van der Waals surface area (Å²) in [5.41, 5.74) is 15.8. The molecule has 0 bridgehead atoms. The van der Waals surface area contributed by atoms with Crippen LogP contribution in [0.5, 0.6) is 0 Å². The average molecular weight is 687 g/mol. The van der Waals surface area contributed by atoms with Gasteiger partial charge >= 0.3 is 0 Å². The monoisotopic (exact) mass is 686 g/mol. The Bertz CT molecular complexity index is 2930. The summed E-state index contributed by atoms with van der Waals surface area (Å²) >= 11 is 0. The second-order valence-electron chi connectivity index (χ2n) is 13.8. The lowest BCUT2D eigenvalue weighted by atomic mass is 9.90. The Morgan fingerprint density at radius 2 is 0.759 bits per heavy atom. The molecule has 8 aromatic carbocycles. The number of rotatable bonds is 6. The van der Waals surface area contributed by atoms with Crippen molar-refractivity contribution in [1.82, 2.24) is 9.97 Å². The molecule has 0 atom stereocenters. The lowest BCUT2D eigenvalue weighted by Crippen LogP contribution is -1.94. The topological polar surface area (TPSA) is 25.8 Å². The Morgan fingerprint density at radius 3 is 1.39 bits per heavy atom. The highest BCUT2D eigenvalue weighted by atomic mass is 14.7. The van der Waals surface area contributed by atoms with Crippen LogP contribution in [0.1, 0.15) is 0 Å². The summed E-state index contributed by atoms with van der Waals surface area (Å²) in [6.07, 6.45) is 1.87. The summed E-state index contributed by atoms with van der Waals surface area (Å²) in [7, 11) is 0. The van der Waals surface area contributed by atoms with Crippen LogP contribution in [0.3, 0.4) is 0 Å². The van der Waals surface area contributed by atoms with Gasteiger partial charge in [-0.2, -0.15) is 0 Å².